The van der Waals surface area contributed by atoms with Crippen LogP contribution in [0.4, 0.5) is 4.79 Å². The fourth-order valence-electron chi connectivity index (χ4n) is 1.34. The van der Waals surface area contributed by atoms with Crippen LogP contribution in [0.25, 0.3) is 0 Å². The van der Waals surface area contributed by atoms with Gasteiger partial charge in [0.15, 0.2) is 4.84 Å². The van der Waals surface area contributed by atoms with Crippen LogP contribution in [-0.2, 0) is 4.79 Å². The van der Waals surface area contributed by atoms with Crippen LogP contribution >= 0.6 is 23.2 Å². The summed E-state index contributed by atoms with van der Waals surface area (Å²) in [6.45, 7) is 1.38. The van der Waals surface area contributed by atoms with Gasteiger partial charge in [-0.3, -0.25) is 10.1 Å². The number of nitrogens with zero attached hydrogens (tertiary/aromatic N) is 1. The number of alkyl halides is 2. The summed E-state index contributed by atoms with van der Waals surface area (Å²) < 4.78 is 0. The predicted octanol–water partition coefficient (Wildman–Crippen LogP) is 1.51. The van der Waals surface area contributed by atoms with Crippen LogP contribution in [0.3, 0.4) is 0 Å². The molecule has 0 radical (unpaired) electrons. The van der Waals surface area contributed by atoms with Gasteiger partial charge in [0, 0.05) is 13.1 Å². The molecule has 1 rings (SSSR count). The molecule has 3 amide bonds. The molecule has 0 bridgehead atoms. The van der Waals surface area contributed by atoms with E-state index in [2.05, 4.69) is 5.32 Å². The molecule has 0 aliphatic carbocycles. The lowest BCUT2D eigenvalue weighted by Crippen LogP contribution is -2.46. The van der Waals surface area contributed by atoms with Crippen LogP contribution in [0.1, 0.15) is 19.3 Å². The third kappa shape index (κ3) is 3.35. The molecule has 1 heterocycles. The minimum atomic E-state index is -1.19. The normalized spacial score (nSPS) is 16.9. The molecule has 1 aliphatic heterocycles. The topological polar surface area (TPSA) is 49.4 Å². The molecule has 0 unspecified atom stereocenters. The van der Waals surface area contributed by atoms with Crippen molar-refractivity contribution in [1.82, 2.24) is 10.2 Å². The van der Waals surface area contributed by atoms with E-state index in [4.69, 9.17) is 23.2 Å². The lowest BCUT2D eigenvalue weighted by molar-refractivity contribution is -0.118. The van der Waals surface area contributed by atoms with E-state index in [0.717, 1.165) is 19.3 Å². The Morgan fingerprint density at radius 2 is 1.71 bits per heavy atom. The summed E-state index contributed by atoms with van der Waals surface area (Å²) in [5, 5.41) is 2.13. The minimum Gasteiger partial charge on any atom is -0.324 e. The average Bonchev–Trinajstić information content (AvgIpc) is 2.19. The number of piperidine rings is 1. The number of amides is 3. The summed E-state index contributed by atoms with van der Waals surface area (Å²) in [5.74, 6) is -0.663. The van der Waals surface area contributed by atoms with Gasteiger partial charge in [-0.15, -0.1) is 0 Å². The maximum atomic E-state index is 11.4. The molecule has 0 spiro atoms. The minimum absolute atomic E-state index is 0.402. The van der Waals surface area contributed by atoms with Gasteiger partial charge in [0.25, 0.3) is 5.91 Å². The first kappa shape index (κ1) is 11.6. The molecule has 1 saturated heterocycles. The molecule has 0 aromatic heterocycles. The van der Waals surface area contributed by atoms with Gasteiger partial charge in [-0.25, -0.2) is 4.79 Å². The summed E-state index contributed by atoms with van der Waals surface area (Å²) in [5.41, 5.74) is 0. The Kier molecular flexibility index (Phi) is 4.48. The van der Waals surface area contributed by atoms with Crippen LogP contribution in [0.15, 0.2) is 0 Å². The highest BCUT2D eigenvalue weighted by Gasteiger charge is 2.20. The molecule has 14 heavy (non-hydrogen) atoms. The van der Waals surface area contributed by atoms with E-state index in [9.17, 15) is 9.59 Å². The van der Waals surface area contributed by atoms with Crippen molar-refractivity contribution in [3.63, 3.8) is 0 Å². The van der Waals surface area contributed by atoms with Crippen LogP contribution < -0.4 is 5.32 Å². The fourth-order valence-corrected chi connectivity index (χ4v) is 1.45. The Morgan fingerprint density at radius 3 is 2.21 bits per heavy atom. The number of hydrogen-bond donors (Lipinski definition) is 1. The SMILES string of the molecule is O=C(NC(=O)N1CCCCC1)C(Cl)Cl. The molecule has 1 N–H and O–H groups in total. The van der Waals surface area contributed by atoms with E-state index >= 15 is 0 Å². The van der Waals surface area contributed by atoms with Gasteiger partial charge in [-0.2, -0.15) is 0 Å². The maximum Gasteiger partial charge on any atom is 0.324 e. The molecule has 0 atom stereocenters. The van der Waals surface area contributed by atoms with Gasteiger partial charge in [0.1, 0.15) is 0 Å². The summed E-state index contributed by atoms with van der Waals surface area (Å²) in [7, 11) is 0. The molecule has 1 aliphatic rings. The molecule has 1 fully saturated rings. The van der Waals surface area contributed by atoms with Crippen molar-refractivity contribution in [2.45, 2.75) is 24.1 Å². The van der Waals surface area contributed by atoms with Crippen LogP contribution in [0.5, 0.6) is 0 Å². The number of imide groups is 1. The second-order valence-electron chi connectivity index (χ2n) is 3.14. The van der Waals surface area contributed by atoms with E-state index in [0.29, 0.717) is 13.1 Å². The van der Waals surface area contributed by atoms with Crippen LogP contribution in [0.2, 0.25) is 0 Å². The number of nitrogens with one attached hydrogen (secondary N) is 1. The Bertz CT molecular complexity index is 227. The van der Waals surface area contributed by atoms with Gasteiger partial charge in [-0.1, -0.05) is 23.2 Å². The number of halogens is 2. The lowest BCUT2D eigenvalue weighted by atomic mass is 10.1. The van der Waals surface area contributed by atoms with Gasteiger partial charge < -0.3 is 4.90 Å². The Balaban J connectivity index is 2.37. The Labute approximate surface area is 92.5 Å². The molecule has 0 aromatic rings. The quantitative estimate of drug-likeness (QED) is 0.705. The zero-order valence-electron chi connectivity index (χ0n) is 7.63. The van der Waals surface area contributed by atoms with Crippen LogP contribution in [0, 0.1) is 0 Å². The van der Waals surface area contributed by atoms with Crippen molar-refractivity contribution in [3.8, 4) is 0 Å². The highest BCUT2D eigenvalue weighted by Crippen LogP contribution is 2.09. The number of hydrogen-bond acceptors (Lipinski definition) is 2. The summed E-state index contributed by atoms with van der Waals surface area (Å²) >= 11 is 10.6. The molecule has 80 valence electrons. The van der Waals surface area contributed by atoms with Crippen LogP contribution in [-0.4, -0.2) is 34.8 Å². The summed E-state index contributed by atoms with van der Waals surface area (Å²) in [4.78, 5) is 22.8. The summed E-state index contributed by atoms with van der Waals surface area (Å²) in [6, 6.07) is -0.402. The molecule has 0 aromatic carbocycles. The van der Waals surface area contributed by atoms with E-state index in [1.54, 1.807) is 4.90 Å². The number of carbonyl (C=O) groups excluding carboxylic acids is 2. The monoisotopic (exact) mass is 238 g/mol. The van der Waals surface area contributed by atoms with E-state index in [1.165, 1.54) is 0 Å². The van der Waals surface area contributed by atoms with Crippen molar-refractivity contribution in [1.29, 1.82) is 0 Å². The largest absolute Gasteiger partial charge is 0.324 e. The molecular formula is C8H12Cl2N2O2. The average molecular weight is 239 g/mol. The van der Waals surface area contributed by atoms with Gasteiger partial charge >= 0.3 is 6.03 Å². The van der Waals surface area contributed by atoms with E-state index in [-0.39, 0.29) is 0 Å². The zero-order chi connectivity index (χ0) is 10.6. The standard InChI is InChI=1S/C8H12Cl2N2O2/c9-6(10)7(13)11-8(14)12-4-2-1-3-5-12/h6H,1-5H2,(H,11,13,14). The third-order valence-electron chi connectivity index (χ3n) is 2.07. The number of likely N-dealkylation sites (tertiary alicyclic amines) is 1. The van der Waals surface area contributed by atoms with Gasteiger partial charge in [-0.05, 0) is 19.3 Å². The second-order valence-corrected chi connectivity index (χ2v) is 4.24. The molecule has 4 nitrogen and oxygen atoms in total. The van der Waals surface area contributed by atoms with Gasteiger partial charge in [0.2, 0.25) is 0 Å². The maximum absolute atomic E-state index is 11.4. The highest BCUT2D eigenvalue weighted by molar-refractivity contribution is 6.53. The predicted molar refractivity (Wildman–Crippen MR) is 54.5 cm³/mol. The number of urea groups is 1. The molecule has 6 heteroatoms. The van der Waals surface area contributed by atoms with E-state index in [1.807, 2.05) is 0 Å². The highest BCUT2D eigenvalue weighted by atomic mass is 35.5. The van der Waals surface area contributed by atoms with Crippen molar-refractivity contribution >= 4 is 35.1 Å². The Morgan fingerprint density at radius 1 is 1.14 bits per heavy atom. The van der Waals surface area contributed by atoms with E-state index < -0.39 is 16.8 Å². The first-order valence-electron chi connectivity index (χ1n) is 4.49. The van der Waals surface area contributed by atoms with Crippen molar-refractivity contribution in [2.24, 2.45) is 0 Å². The molecule has 0 saturated carbocycles. The number of carbonyl (C=O) groups is 2. The lowest BCUT2D eigenvalue weighted by Gasteiger charge is -2.26. The molecular weight excluding hydrogens is 227 g/mol. The second kappa shape index (κ2) is 5.41. The van der Waals surface area contributed by atoms with Crippen molar-refractivity contribution < 1.29 is 9.59 Å². The van der Waals surface area contributed by atoms with Crippen molar-refractivity contribution in [3.05, 3.63) is 0 Å². The smallest absolute Gasteiger partial charge is 0.324 e. The number of rotatable bonds is 1. The fraction of sp³-hybridized carbons (Fsp3) is 0.750. The Hall–Kier alpha value is -0.480. The first-order valence-corrected chi connectivity index (χ1v) is 5.36. The summed E-state index contributed by atoms with van der Waals surface area (Å²) in [6.07, 6.45) is 3.09. The first-order chi connectivity index (χ1) is 6.61. The van der Waals surface area contributed by atoms with Gasteiger partial charge in [0.05, 0.1) is 0 Å². The zero-order valence-corrected chi connectivity index (χ0v) is 9.14. The third-order valence-corrected chi connectivity index (χ3v) is 2.47. The van der Waals surface area contributed by atoms with Crippen molar-refractivity contribution in [2.75, 3.05) is 13.1 Å².